The average molecular weight is 237 g/mol. The molecule has 0 aliphatic carbocycles. The molecule has 0 spiro atoms. The third kappa shape index (κ3) is 3.47. The van der Waals surface area contributed by atoms with Crippen LogP contribution in [0.25, 0.3) is 0 Å². The summed E-state index contributed by atoms with van der Waals surface area (Å²) in [5, 5.41) is 4.30. The van der Waals surface area contributed by atoms with Gasteiger partial charge in [-0.25, -0.2) is 0 Å². The standard InChI is InChI=1S/C7H9ClN2O3S/c1-13-7(11)4-14(12)5-10-3-6(8)2-9-10/h2-3H,4-5H2,1H3/t14-/m0/s1. The summed E-state index contributed by atoms with van der Waals surface area (Å²) in [6, 6.07) is 0. The van der Waals surface area contributed by atoms with Gasteiger partial charge in [-0.05, 0) is 0 Å². The Labute approximate surface area is 88.5 Å². The molecular formula is C7H9ClN2O3S. The van der Waals surface area contributed by atoms with Crippen LogP contribution >= 0.6 is 11.6 Å². The minimum atomic E-state index is -1.32. The van der Waals surface area contributed by atoms with Crippen molar-refractivity contribution < 1.29 is 13.7 Å². The van der Waals surface area contributed by atoms with E-state index in [-0.39, 0.29) is 11.6 Å². The zero-order chi connectivity index (χ0) is 10.6. The van der Waals surface area contributed by atoms with Crippen LogP contribution in [-0.2, 0) is 26.2 Å². The van der Waals surface area contributed by atoms with E-state index in [2.05, 4.69) is 9.84 Å². The first-order chi connectivity index (χ1) is 6.61. The van der Waals surface area contributed by atoms with E-state index in [1.54, 1.807) is 0 Å². The van der Waals surface area contributed by atoms with E-state index >= 15 is 0 Å². The molecule has 0 aliphatic heterocycles. The highest BCUT2D eigenvalue weighted by atomic mass is 35.5. The Bertz CT molecular complexity index is 352. The molecule has 0 radical (unpaired) electrons. The van der Waals surface area contributed by atoms with Gasteiger partial charge in [-0.15, -0.1) is 0 Å². The Morgan fingerprint density at radius 1 is 1.79 bits per heavy atom. The van der Waals surface area contributed by atoms with E-state index in [9.17, 15) is 9.00 Å². The molecule has 0 aliphatic rings. The molecule has 0 bridgehead atoms. The number of esters is 1. The maximum absolute atomic E-state index is 11.3. The lowest BCUT2D eigenvalue weighted by Crippen LogP contribution is -2.16. The number of halogens is 1. The summed E-state index contributed by atoms with van der Waals surface area (Å²) in [6.45, 7) is 0. The molecule has 1 atom stereocenters. The second-order valence-corrected chi connectivity index (χ2v) is 4.35. The Kier molecular flexibility index (Phi) is 4.09. The van der Waals surface area contributed by atoms with Crippen LogP contribution in [-0.4, -0.2) is 32.8 Å². The van der Waals surface area contributed by atoms with Gasteiger partial charge >= 0.3 is 5.97 Å². The molecule has 0 fully saturated rings. The lowest BCUT2D eigenvalue weighted by atomic mass is 10.7. The number of hydrogen-bond donors (Lipinski definition) is 0. The molecule has 0 aromatic carbocycles. The van der Waals surface area contributed by atoms with Crippen molar-refractivity contribution in [1.82, 2.24) is 9.78 Å². The fourth-order valence-electron chi connectivity index (χ4n) is 0.792. The van der Waals surface area contributed by atoms with E-state index < -0.39 is 16.8 Å². The zero-order valence-electron chi connectivity index (χ0n) is 7.47. The van der Waals surface area contributed by atoms with Crippen LogP contribution in [0.1, 0.15) is 0 Å². The smallest absolute Gasteiger partial charge is 0.318 e. The highest BCUT2D eigenvalue weighted by Crippen LogP contribution is 2.05. The molecular weight excluding hydrogens is 228 g/mol. The van der Waals surface area contributed by atoms with Gasteiger partial charge in [0, 0.05) is 6.20 Å². The molecule has 1 rings (SSSR count). The maximum Gasteiger partial charge on any atom is 0.318 e. The van der Waals surface area contributed by atoms with Crippen molar-refractivity contribution in [1.29, 1.82) is 0 Å². The van der Waals surface area contributed by atoms with Gasteiger partial charge in [0.2, 0.25) is 0 Å². The van der Waals surface area contributed by atoms with E-state index in [0.29, 0.717) is 5.02 Å². The van der Waals surface area contributed by atoms with Gasteiger partial charge < -0.3 is 4.74 Å². The third-order valence-electron chi connectivity index (χ3n) is 1.38. The number of carbonyl (C=O) groups excluding carboxylic acids is 1. The zero-order valence-corrected chi connectivity index (χ0v) is 9.05. The summed E-state index contributed by atoms with van der Waals surface area (Å²) < 4.78 is 17.1. The van der Waals surface area contributed by atoms with E-state index in [4.69, 9.17) is 11.6 Å². The minimum Gasteiger partial charge on any atom is -0.468 e. The molecule has 0 saturated heterocycles. The van der Waals surface area contributed by atoms with Gasteiger partial charge in [-0.1, -0.05) is 11.6 Å². The average Bonchev–Trinajstić information content (AvgIpc) is 2.50. The quantitative estimate of drug-likeness (QED) is 0.711. The maximum atomic E-state index is 11.3. The molecule has 0 N–H and O–H groups in total. The van der Waals surface area contributed by atoms with Crippen LogP contribution < -0.4 is 0 Å². The van der Waals surface area contributed by atoms with Gasteiger partial charge in [0.1, 0.15) is 11.6 Å². The molecule has 1 aromatic heterocycles. The number of methoxy groups -OCH3 is 1. The molecule has 78 valence electrons. The van der Waals surface area contributed by atoms with Gasteiger partial charge in [-0.3, -0.25) is 13.7 Å². The summed E-state index contributed by atoms with van der Waals surface area (Å²) in [5.41, 5.74) is 0. The van der Waals surface area contributed by atoms with Crippen molar-refractivity contribution in [2.24, 2.45) is 0 Å². The lowest BCUT2D eigenvalue weighted by molar-refractivity contribution is -0.137. The summed E-state index contributed by atoms with van der Waals surface area (Å²) in [7, 11) is -0.0661. The monoisotopic (exact) mass is 236 g/mol. The first kappa shape index (κ1) is 11.2. The Hall–Kier alpha value is -0.880. The Balaban J connectivity index is 2.45. The molecule has 5 nitrogen and oxygen atoms in total. The topological polar surface area (TPSA) is 61.2 Å². The number of aromatic nitrogens is 2. The first-order valence-electron chi connectivity index (χ1n) is 3.71. The minimum absolute atomic E-state index is 0.131. The molecule has 0 amide bonds. The SMILES string of the molecule is COC(=O)C[S@](=O)Cn1cc(Cl)cn1. The summed E-state index contributed by atoms with van der Waals surface area (Å²) in [6.07, 6.45) is 2.98. The second kappa shape index (κ2) is 5.11. The Morgan fingerprint density at radius 2 is 2.50 bits per heavy atom. The number of ether oxygens (including phenoxy) is 1. The van der Waals surface area contributed by atoms with Gasteiger partial charge in [0.15, 0.2) is 0 Å². The lowest BCUT2D eigenvalue weighted by Gasteiger charge is -2.00. The molecule has 14 heavy (non-hydrogen) atoms. The van der Waals surface area contributed by atoms with Crippen molar-refractivity contribution in [3.05, 3.63) is 17.4 Å². The fraction of sp³-hybridized carbons (Fsp3) is 0.429. The van der Waals surface area contributed by atoms with Gasteiger partial charge in [0.05, 0.1) is 29.1 Å². The largest absolute Gasteiger partial charge is 0.468 e. The third-order valence-corrected chi connectivity index (χ3v) is 2.69. The van der Waals surface area contributed by atoms with E-state index in [1.807, 2.05) is 0 Å². The summed E-state index contributed by atoms with van der Waals surface area (Å²) >= 11 is 5.60. The Morgan fingerprint density at radius 3 is 3.00 bits per heavy atom. The molecule has 1 heterocycles. The van der Waals surface area contributed by atoms with Crippen molar-refractivity contribution in [2.45, 2.75) is 5.88 Å². The molecule has 7 heteroatoms. The van der Waals surface area contributed by atoms with Gasteiger partial charge in [0.25, 0.3) is 0 Å². The number of rotatable bonds is 4. The summed E-state index contributed by atoms with van der Waals surface area (Å²) in [4.78, 5) is 10.7. The second-order valence-electron chi connectivity index (χ2n) is 2.49. The van der Waals surface area contributed by atoms with Crippen molar-refractivity contribution in [3.8, 4) is 0 Å². The molecule has 0 saturated carbocycles. The van der Waals surface area contributed by atoms with Crippen LogP contribution in [0.3, 0.4) is 0 Å². The van der Waals surface area contributed by atoms with Gasteiger partial charge in [-0.2, -0.15) is 5.10 Å². The van der Waals surface area contributed by atoms with Crippen molar-refractivity contribution in [2.75, 3.05) is 12.9 Å². The number of hydrogen-bond acceptors (Lipinski definition) is 4. The van der Waals surface area contributed by atoms with Crippen LogP contribution in [0, 0.1) is 0 Å². The number of nitrogens with zero attached hydrogens (tertiary/aromatic N) is 2. The predicted octanol–water partition coefficient (Wildman–Crippen LogP) is 0.416. The van der Waals surface area contributed by atoms with Crippen LogP contribution in [0.15, 0.2) is 12.4 Å². The highest BCUT2D eigenvalue weighted by Gasteiger charge is 2.08. The fourth-order valence-corrected chi connectivity index (χ4v) is 1.86. The normalized spacial score (nSPS) is 12.4. The van der Waals surface area contributed by atoms with Crippen molar-refractivity contribution >= 4 is 28.4 Å². The molecule has 1 aromatic rings. The highest BCUT2D eigenvalue weighted by molar-refractivity contribution is 7.84. The van der Waals surface area contributed by atoms with Crippen LogP contribution in [0.5, 0.6) is 0 Å². The first-order valence-corrected chi connectivity index (χ1v) is 5.58. The van der Waals surface area contributed by atoms with E-state index in [0.717, 1.165) is 0 Å². The predicted molar refractivity (Wildman–Crippen MR) is 52.3 cm³/mol. The van der Waals surface area contributed by atoms with Crippen LogP contribution in [0.2, 0.25) is 5.02 Å². The van der Waals surface area contributed by atoms with Crippen molar-refractivity contribution in [3.63, 3.8) is 0 Å². The van der Waals surface area contributed by atoms with Crippen LogP contribution in [0.4, 0.5) is 0 Å². The molecule has 0 unspecified atom stereocenters. The summed E-state index contributed by atoms with van der Waals surface area (Å²) in [5.74, 6) is -0.489. The number of carbonyl (C=O) groups is 1. The van der Waals surface area contributed by atoms with E-state index in [1.165, 1.54) is 24.2 Å².